The fraction of sp³-hybridized carbons (Fsp3) is 0.389. The highest BCUT2D eigenvalue weighted by Crippen LogP contribution is 2.25. The number of carbonyl (C=O) groups is 1. The predicted octanol–water partition coefficient (Wildman–Crippen LogP) is 1.22. The van der Waals surface area contributed by atoms with Gasteiger partial charge in [0.15, 0.2) is 11.5 Å². The van der Waals surface area contributed by atoms with Gasteiger partial charge in [-0.1, -0.05) is 6.07 Å². The van der Waals surface area contributed by atoms with Crippen molar-refractivity contribution in [2.24, 2.45) is 0 Å². The molecule has 4 rings (SSSR count). The highest BCUT2D eigenvalue weighted by atomic mass is 16.4. The van der Waals surface area contributed by atoms with Crippen molar-refractivity contribution >= 4 is 5.97 Å². The van der Waals surface area contributed by atoms with Crippen LogP contribution in [0.15, 0.2) is 31.0 Å². The Hall–Kier alpha value is -3.07. The summed E-state index contributed by atoms with van der Waals surface area (Å²) < 4.78 is 3.46. The maximum Gasteiger partial charge on any atom is 0.356 e. The summed E-state index contributed by atoms with van der Waals surface area (Å²) in [4.78, 5) is 19.9. The van der Waals surface area contributed by atoms with E-state index in [2.05, 4.69) is 25.5 Å². The fourth-order valence-corrected chi connectivity index (χ4v) is 3.64. The summed E-state index contributed by atoms with van der Waals surface area (Å²) in [7, 11) is 0. The molecule has 0 radical (unpaired) electrons. The Morgan fingerprint density at radius 2 is 2.33 bits per heavy atom. The maximum absolute atomic E-state index is 11.5. The number of fused-ring (bicyclic) bond motifs is 1. The van der Waals surface area contributed by atoms with Crippen molar-refractivity contribution in [3.8, 4) is 5.82 Å². The van der Waals surface area contributed by atoms with Gasteiger partial charge in [-0.3, -0.25) is 4.68 Å². The lowest BCUT2D eigenvalue weighted by molar-refractivity contribution is 0.0688. The number of rotatable bonds is 6. The standard InChI is InChI=1S/C18H21N7O2/c1-2-24-15-6-5-13(8-14(15)16(23-24)18(26)27)21-9-12-4-3-7-20-17(12)25-11-19-10-22-25/h3-4,7,10-11,13,21H,2,5-6,8-9H2,1H3,(H,26,27)/t13-/m1/s1. The van der Waals surface area contributed by atoms with Gasteiger partial charge in [0, 0.05) is 42.1 Å². The van der Waals surface area contributed by atoms with Crippen LogP contribution in [-0.4, -0.2) is 46.6 Å². The first-order valence-corrected chi connectivity index (χ1v) is 9.01. The Morgan fingerprint density at radius 3 is 3.07 bits per heavy atom. The second-order valence-electron chi connectivity index (χ2n) is 6.54. The number of aromatic carboxylic acids is 1. The van der Waals surface area contributed by atoms with E-state index < -0.39 is 5.97 Å². The highest BCUT2D eigenvalue weighted by molar-refractivity contribution is 5.87. The molecule has 140 valence electrons. The van der Waals surface area contributed by atoms with Crippen LogP contribution in [0, 0.1) is 0 Å². The quantitative estimate of drug-likeness (QED) is 0.674. The van der Waals surface area contributed by atoms with Gasteiger partial charge in [-0.2, -0.15) is 10.2 Å². The number of hydrogen-bond acceptors (Lipinski definition) is 6. The lowest BCUT2D eigenvalue weighted by atomic mass is 9.91. The van der Waals surface area contributed by atoms with Crippen molar-refractivity contribution in [2.45, 2.75) is 45.3 Å². The van der Waals surface area contributed by atoms with Crippen molar-refractivity contribution in [1.82, 2.24) is 34.8 Å². The average molecular weight is 367 g/mol. The third-order valence-electron chi connectivity index (χ3n) is 4.93. The van der Waals surface area contributed by atoms with Gasteiger partial charge in [-0.05, 0) is 32.3 Å². The van der Waals surface area contributed by atoms with Crippen LogP contribution in [0.25, 0.3) is 5.82 Å². The van der Waals surface area contributed by atoms with Crippen molar-refractivity contribution in [1.29, 1.82) is 0 Å². The zero-order valence-corrected chi connectivity index (χ0v) is 15.0. The molecule has 1 atom stereocenters. The molecule has 1 aliphatic rings. The minimum absolute atomic E-state index is 0.183. The minimum Gasteiger partial charge on any atom is -0.476 e. The molecule has 27 heavy (non-hydrogen) atoms. The smallest absolute Gasteiger partial charge is 0.356 e. The molecule has 9 nitrogen and oxygen atoms in total. The summed E-state index contributed by atoms with van der Waals surface area (Å²) in [6.07, 6.45) is 7.26. The SMILES string of the molecule is CCn1nc(C(=O)O)c2c1CC[C@@H](NCc1cccnc1-n1cncn1)C2. The first-order chi connectivity index (χ1) is 13.2. The Kier molecular flexibility index (Phi) is 4.68. The van der Waals surface area contributed by atoms with Gasteiger partial charge in [0.25, 0.3) is 0 Å². The molecule has 0 bridgehead atoms. The summed E-state index contributed by atoms with van der Waals surface area (Å²) in [5, 5.41) is 21.4. The lowest BCUT2D eigenvalue weighted by Gasteiger charge is -2.24. The maximum atomic E-state index is 11.5. The molecule has 0 amide bonds. The zero-order valence-electron chi connectivity index (χ0n) is 15.0. The molecule has 0 aliphatic heterocycles. The van der Waals surface area contributed by atoms with Gasteiger partial charge in [0.2, 0.25) is 0 Å². The van der Waals surface area contributed by atoms with E-state index in [0.29, 0.717) is 19.5 Å². The molecule has 3 heterocycles. The van der Waals surface area contributed by atoms with E-state index in [9.17, 15) is 9.90 Å². The number of aromatic nitrogens is 6. The second-order valence-corrected chi connectivity index (χ2v) is 6.54. The summed E-state index contributed by atoms with van der Waals surface area (Å²) in [6.45, 7) is 3.29. The van der Waals surface area contributed by atoms with Crippen LogP contribution in [0.3, 0.4) is 0 Å². The van der Waals surface area contributed by atoms with Gasteiger partial charge in [-0.15, -0.1) is 0 Å². The third kappa shape index (κ3) is 3.33. The number of hydrogen-bond donors (Lipinski definition) is 2. The molecular formula is C18H21N7O2. The van der Waals surface area contributed by atoms with Crippen molar-refractivity contribution in [3.63, 3.8) is 0 Å². The van der Waals surface area contributed by atoms with Crippen LogP contribution in [-0.2, 0) is 25.9 Å². The van der Waals surface area contributed by atoms with Crippen LogP contribution in [0.4, 0.5) is 0 Å². The van der Waals surface area contributed by atoms with Crippen LogP contribution in [0.1, 0.15) is 40.7 Å². The Labute approximate surface area is 156 Å². The van der Waals surface area contributed by atoms with Crippen LogP contribution in [0.5, 0.6) is 0 Å². The summed E-state index contributed by atoms with van der Waals surface area (Å²) in [5.41, 5.74) is 3.10. The number of nitrogens with one attached hydrogen (secondary N) is 1. The Balaban J connectivity index is 1.51. The number of carboxylic acid groups (broad SMARTS) is 1. The van der Waals surface area contributed by atoms with Crippen molar-refractivity contribution in [2.75, 3.05) is 0 Å². The molecule has 9 heteroatoms. The van der Waals surface area contributed by atoms with Crippen LogP contribution >= 0.6 is 0 Å². The van der Waals surface area contributed by atoms with E-state index in [4.69, 9.17) is 0 Å². The van der Waals surface area contributed by atoms with Crippen molar-refractivity contribution < 1.29 is 9.90 Å². The number of nitrogens with zero attached hydrogens (tertiary/aromatic N) is 6. The largest absolute Gasteiger partial charge is 0.476 e. The molecule has 0 unspecified atom stereocenters. The topological polar surface area (TPSA) is 111 Å². The summed E-state index contributed by atoms with van der Waals surface area (Å²) in [5.74, 6) is -0.219. The van der Waals surface area contributed by atoms with Crippen LogP contribution < -0.4 is 5.32 Å². The molecule has 0 aromatic carbocycles. The molecule has 3 aromatic rings. The molecule has 2 N–H and O–H groups in total. The van der Waals surface area contributed by atoms with E-state index in [-0.39, 0.29) is 11.7 Å². The zero-order chi connectivity index (χ0) is 18.8. The second kappa shape index (κ2) is 7.28. The van der Waals surface area contributed by atoms with Crippen LogP contribution in [0.2, 0.25) is 0 Å². The lowest BCUT2D eigenvalue weighted by Crippen LogP contribution is -2.35. The van der Waals surface area contributed by atoms with E-state index in [0.717, 1.165) is 35.5 Å². The van der Waals surface area contributed by atoms with E-state index in [1.807, 2.05) is 23.7 Å². The number of aryl methyl sites for hydroxylation is 1. The highest BCUT2D eigenvalue weighted by Gasteiger charge is 2.28. The van der Waals surface area contributed by atoms with Gasteiger partial charge < -0.3 is 10.4 Å². The molecule has 0 saturated heterocycles. The van der Waals surface area contributed by atoms with E-state index in [1.165, 1.54) is 6.33 Å². The number of carboxylic acids is 1. The third-order valence-corrected chi connectivity index (χ3v) is 4.93. The van der Waals surface area contributed by atoms with Gasteiger partial charge in [0.05, 0.1) is 0 Å². The Bertz CT molecular complexity index is 949. The molecule has 0 spiro atoms. The number of pyridine rings is 1. The minimum atomic E-state index is -0.958. The first kappa shape index (κ1) is 17.3. The first-order valence-electron chi connectivity index (χ1n) is 9.01. The monoisotopic (exact) mass is 367 g/mol. The van der Waals surface area contributed by atoms with Gasteiger partial charge >= 0.3 is 5.97 Å². The normalized spacial score (nSPS) is 16.3. The van der Waals surface area contributed by atoms with Gasteiger partial charge in [0.1, 0.15) is 12.7 Å². The van der Waals surface area contributed by atoms with Crippen molar-refractivity contribution in [3.05, 3.63) is 53.5 Å². The summed E-state index contributed by atoms with van der Waals surface area (Å²) in [6, 6.07) is 4.08. The molecule has 0 fully saturated rings. The van der Waals surface area contributed by atoms with E-state index >= 15 is 0 Å². The molecule has 0 saturated carbocycles. The molecular weight excluding hydrogens is 346 g/mol. The molecule has 3 aromatic heterocycles. The molecule has 1 aliphatic carbocycles. The predicted molar refractivity (Wildman–Crippen MR) is 96.7 cm³/mol. The van der Waals surface area contributed by atoms with E-state index in [1.54, 1.807) is 17.2 Å². The summed E-state index contributed by atoms with van der Waals surface area (Å²) >= 11 is 0. The average Bonchev–Trinajstić information content (AvgIpc) is 3.34. The van der Waals surface area contributed by atoms with Gasteiger partial charge in [-0.25, -0.2) is 19.4 Å². The Morgan fingerprint density at radius 1 is 1.44 bits per heavy atom. The fourth-order valence-electron chi connectivity index (χ4n) is 3.64.